The molecule has 0 fully saturated rings. The van der Waals surface area contributed by atoms with Crippen LogP contribution in [-0.4, -0.2) is 31.0 Å². The molecule has 0 N–H and O–H groups in total. The highest BCUT2D eigenvalue weighted by molar-refractivity contribution is 5.60. The van der Waals surface area contributed by atoms with Crippen molar-refractivity contribution < 1.29 is 45.0 Å². The number of ether oxygens (including phenoxy) is 2. The fraction of sp³-hybridized carbons (Fsp3) is 0.833. The Morgan fingerprint density at radius 3 is 1.62 bits per heavy atom. The van der Waals surface area contributed by atoms with Crippen molar-refractivity contribution in [2.75, 3.05) is 6.61 Å². The van der Waals surface area contributed by atoms with Gasteiger partial charge in [-0.1, -0.05) is 0 Å². The topological polar surface area (TPSA) is 35.5 Å². The molecule has 0 rings (SSSR count). The maximum Gasteiger partial charge on any atom is 0.511 e. The van der Waals surface area contributed by atoms with Gasteiger partial charge in [0.05, 0.1) is 6.61 Å². The first kappa shape index (κ1) is 14.8. The molecule has 0 heterocycles. The van der Waals surface area contributed by atoms with Crippen LogP contribution >= 0.6 is 0 Å². The minimum Gasteiger partial charge on any atom is -0.435 e. The summed E-state index contributed by atoms with van der Waals surface area (Å²) in [5.41, 5.74) is 0. The first-order valence-corrected chi connectivity index (χ1v) is 3.64. The number of carbonyl (C=O) groups excluding carboxylic acids is 1. The molecule has 16 heavy (non-hydrogen) atoms. The predicted octanol–water partition coefficient (Wildman–Crippen LogP) is 2.95. The Bertz CT molecular complexity index is 242. The highest BCUT2D eigenvalue weighted by Crippen LogP contribution is 2.47. The standard InChI is InChI=1S/C6H5F7O3/c1-2-15-3(14)16-4(7,5(8,9)10)6(11,12)13/h2H2,1H3. The molecule has 0 aromatic carbocycles. The van der Waals surface area contributed by atoms with Gasteiger partial charge in [0.1, 0.15) is 0 Å². The van der Waals surface area contributed by atoms with Crippen LogP contribution < -0.4 is 0 Å². The van der Waals surface area contributed by atoms with Crippen LogP contribution in [-0.2, 0) is 9.47 Å². The fourth-order valence-corrected chi connectivity index (χ4v) is 0.539. The quantitative estimate of drug-likeness (QED) is 0.564. The zero-order valence-corrected chi connectivity index (χ0v) is 7.58. The SMILES string of the molecule is CCOC(=O)OC(F)(C(F)(F)F)C(F)(F)F. The van der Waals surface area contributed by atoms with Gasteiger partial charge < -0.3 is 9.47 Å². The molecule has 0 saturated heterocycles. The van der Waals surface area contributed by atoms with Gasteiger partial charge in [-0.3, -0.25) is 0 Å². The zero-order valence-electron chi connectivity index (χ0n) is 7.58. The van der Waals surface area contributed by atoms with Gasteiger partial charge in [-0.15, -0.1) is 0 Å². The van der Waals surface area contributed by atoms with E-state index in [9.17, 15) is 35.5 Å². The molecule has 0 aliphatic heterocycles. The first-order chi connectivity index (χ1) is 6.95. The molecular formula is C6H5F7O3. The Kier molecular flexibility index (Phi) is 4.01. The Morgan fingerprint density at radius 2 is 1.38 bits per heavy atom. The molecule has 0 unspecified atom stereocenters. The number of alkyl halides is 7. The van der Waals surface area contributed by atoms with Gasteiger partial charge in [-0.25, -0.2) is 4.79 Å². The summed E-state index contributed by atoms with van der Waals surface area (Å²) in [5.74, 6) is -6.08. The summed E-state index contributed by atoms with van der Waals surface area (Å²) in [6.07, 6.45) is -15.3. The number of carbonyl (C=O) groups is 1. The van der Waals surface area contributed by atoms with Crippen molar-refractivity contribution in [1.29, 1.82) is 0 Å². The lowest BCUT2D eigenvalue weighted by molar-refractivity contribution is -0.416. The van der Waals surface area contributed by atoms with E-state index in [2.05, 4.69) is 9.47 Å². The molecule has 0 aromatic heterocycles. The smallest absolute Gasteiger partial charge is 0.435 e. The van der Waals surface area contributed by atoms with Gasteiger partial charge in [0.25, 0.3) is 0 Å². The highest BCUT2D eigenvalue weighted by Gasteiger charge is 2.77. The third kappa shape index (κ3) is 2.89. The first-order valence-electron chi connectivity index (χ1n) is 3.64. The van der Waals surface area contributed by atoms with Crippen molar-refractivity contribution in [2.45, 2.75) is 25.1 Å². The normalized spacial score (nSPS) is 13.5. The van der Waals surface area contributed by atoms with E-state index >= 15 is 0 Å². The summed E-state index contributed by atoms with van der Waals surface area (Å²) in [6.45, 7) is 0.521. The van der Waals surface area contributed by atoms with E-state index in [1.165, 1.54) is 0 Å². The largest absolute Gasteiger partial charge is 0.511 e. The van der Waals surface area contributed by atoms with E-state index in [4.69, 9.17) is 0 Å². The third-order valence-electron chi connectivity index (χ3n) is 1.22. The molecule has 0 amide bonds. The van der Waals surface area contributed by atoms with Gasteiger partial charge in [0.2, 0.25) is 0 Å². The lowest BCUT2D eigenvalue weighted by Gasteiger charge is -2.28. The maximum atomic E-state index is 12.6. The Balaban J connectivity index is 5.06. The molecule has 0 aliphatic carbocycles. The second-order valence-electron chi connectivity index (χ2n) is 2.38. The molecular weight excluding hydrogens is 253 g/mol. The summed E-state index contributed by atoms with van der Waals surface area (Å²) in [6, 6.07) is 0. The van der Waals surface area contributed by atoms with Crippen molar-refractivity contribution in [2.24, 2.45) is 0 Å². The van der Waals surface area contributed by atoms with Gasteiger partial charge >= 0.3 is 24.4 Å². The molecule has 0 aliphatic rings. The summed E-state index contributed by atoms with van der Waals surface area (Å²) in [7, 11) is 0. The van der Waals surface area contributed by atoms with Gasteiger partial charge in [-0.05, 0) is 6.92 Å². The zero-order chi connectivity index (χ0) is 13.2. The Morgan fingerprint density at radius 1 is 1.00 bits per heavy atom. The Hall–Kier alpha value is -1.22. The van der Waals surface area contributed by atoms with E-state index in [0.29, 0.717) is 0 Å². The lowest BCUT2D eigenvalue weighted by atomic mass is 10.3. The van der Waals surface area contributed by atoms with Crippen LogP contribution in [0.4, 0.5) is 35.5 Å². The second kappa shape index (κ2) is 4.34. The van der Waals surface area contributed by atoms with E-state index in [1.807, 2.05) is 0 Å². The predicted molar refractivity (Wildman–Crippen MR) is 34.1 cm³/mol. The second-order valence-corrected chi connectivity index (χ2v) is 2.38. The Labute approximate surface area is 84.1 Å². The van der Waals surface area contributed by atoms with E-state index in [-0.39, 0.29) is 0 Å². The average Bonchev–Trinajstić information content (AvgIpc) is 1.99. The van der Waals surface area contributed by atoms with Crippen LogP contribution in [0.5, 0.6) is 0 Å². The molecule has 10 heteroatoms. The van der Waals surface area contributed by atoms with Crippen molar-refractivity contribution in [3.8, 4) is 0 Å². The highest BCUT2D eigenvalue weighted by atomic mass is 19.4. The number of halogens is 7. The summed E-state index contributed by atoms with van der Waals surface area (Å²) >= 11 is 0. The van der Waals surface area contributed by atoms with Crippen LogP contribution in [0.2, 0.25) is 0 Å². The molecule has 0 bridgehead atoms. The number of hydrogen-bond donors (Lipinski definition) is 0. The molecule has 0 aromatic rings. The van der Waals surface area contributed by atoms with E-state index in [0.717, 1.165) is 6.92 Å². The number of hydrogen-bond acceptors (Lipinski definition) is 3. The molecule has 3 nitrogen and oxygen atoms in total. The molecule has 0 saturated carbocycles. The van der Waals surface area contributed by atoms with Crippen molar-refractivity contribution in [1.82, 2.24) is 0 Å². The molecule has 96 valence electrons. The van der Waals surface area contributed by atoms with Gasteiger partial charge in [0, 0.05) is 0 Å². The van der Waals surface area contributed by atoms with Crippen molar-refractivity contribution in [3.05, 3.63) is 0 Å². The average molecular weight is 258 g/mol. The van der Waals surface area contributed by atoms with Crippen LogP contribution in [0.1, 0.15) is 6.92 Å². The van der Waals surface area contributed by atoms with Gasteiger partial charge in [-0.2, -0.15) is 30.7 Å². The van der Waals surface area contributed by atoms with Crippen LogP contribution in [0.25, 0.3) is 0 Å². The fourth-order valence-electron chi connectivity index (χ4n) is 0.539. The van der Waals surface area contributed by atoms with Gasteiger partial charge in [0.15, 0.2) is 0 Å². The third-order valence-corrected chi connectivity index (χ3v) is 1.22. The minimum atomic E-state index is -6.45. The summed E-state index contributed by atoms with van der Waals surface area (Å²) < 4.78 is 89.5. The minimum absolute atomic E-state index is 0.565. The monoisotopic (exact) mass is 258 g/mol. The maximum absolute atomic E-state index is 12.6. The van der Waals surface area contributed by atoms with E-state index in [1.54, 1.807) is 0 Å². The molecule has 0 spiro atoms. The summed E-state index contributed by atoms with van der Waals surface area (Å²) in [5, 5.41) is 0. The van der Waals surface area contributed by atoms with Crippen molar-refractivity contribution in [3.63, 3.8) is 0 Å². The lowest BCUT2D eigenvalue weighted by Crippen LogP contribution is -2.56. The van der Waals surface area contributed by atoms with Crippen molar-refractivity contribution >= 4 is 6.16 Å². The molecule has 0 atom stereocenters. The van der Waals surface area contributed by atoms with Crippen LogP contribution in [0.3, 0.4) is 0 Å². The van der Waals surface area contributed by atoms with Crippen LogP contribution in [0, 0.1) is 0 Å². The molecule has 0 radical (unpaired) electrons. The van der Waals surface area contributed by atoms with E-state index < -0.39 is 31.0 Å². The van der Waals surface area contributed by atoms with Crippen LogP contribution in [0.15, 0.2) is 0 Å². The summed E-state index contributed by atoms with van der Waals surface area (Å²) in [4.78, 5) is 10.3. The number of rotatable bonds is 2.